The first kappa shape index (κ1) is 20.5. The number of halogens is 1. The van der Waals surface area contributed by atoms with Crippen LogP contribution in [0.3, 0.4) is 0 Å². The van der Waals surface area contributed by atoms with Gasteiger partial charge in [-0.2, -0.15) is 5.10 Å². The molecule has 0 bridgehead atoms. The van der Waals surface area contributed by atoms with Gasteiger partial charge in [0.25, 0.3) is 11.8 Å². The molecule has 1 aromatic heterocycles. The van der Waals surface area contributed by atoms with E-state index < -0.39 is 11.7 Å². The zero-order valence-electron chi connectivity index (χ0n) is 17.3. The smallest absolute Gasteiger partial charge is 0.294 e. The second kappa shape index (κ2) is 8.55. The minimum Gasteiger partial charge on any atom is -0.455 e. The Morgan fingerprint density at radius 1 is 1.06 bits per heavy atom. The Morgan fingerprint density at radius 3 is 2.52 bits per heavy atom. The van der Waals surface area contributed by atoms with Crippen LogP contribution in [-0.2, 0) is 6.42 Å². The summed E-state index contributed by atoms with van der Waals surface area (Å²) in [5.41, 5.74) is 5.16. The molecule has 0 atom stereocenters. The van der Waals surface area contributed by atoms with Crippen molar-refractivity contribution >= 4 is 23.2 Å². The predicted molar refractivity (Wildman–Crippen MR) is 116 cm³/mol. The summed E-state index contributed by atoms with van der Waals surface area (Å²) >= 11 is 0. The van der Waals surface area contributed by atoms with Crippen molar-refractivity contribution in [3.8, 4) is 0 Å². The van der Waals surface area contributed by atoms with Gasteiger partial charge in [0.15, 0.2) is 5.76 Å². The lowest BCUT2D eigenvalue weighted by atomic mass is 9.93. The van der Waals surface area contributed by atoms with E-state index in [4.69, 9.17) is 4.42 Å². The molecule has 7 heteroatoms. The quantitative estimate of drug-likeness (QED) is 0.634. The largest absolute Gasteiger partial charge is 0.455 e. The van der Waals surface area contributed by atoms with Crippen molar-refractivity contribution in [3.05, 3.63) is 88.6 Å². The SMILES string of the molecule is Cc1c(C(=O)N(C)c2ccccc2)oc2c1/C(=N/NC(=O)c1ccccc1F)CCC2. The fourth-order valence-corrected chi connectivity index (χ4v) is 3.73. The zero-order chi connectivity index (χ0) is 22.0. The van der Waals surface area contributed by atoms with Gasteiger partial charge in [-0.25, -0.2) is 9.82 Å². The minimum absolute atomic E-state index is 0.0767. The molecule has 158 valence electrons. The van der Waals surface area contributed by atoms with Gasteiger partial charge in [-0.05, 0) is 44.0 Å². The number of benzene rings is 2. The summed E-state index contributed by atoms with van der Waals surface area (Å²) in [7, 11) is 1.70. The molecule has 0 aliphatic heterocycles. The van der Waals surface area contributed by atoms with E-state index in [1.54, 1.807) is 13.1 Å². The molecule has 0 spiro atoms. The van der Waals surface area contributed by atoms with Crippen LogP contribution in [0.5, 0.6) is 0 Å². The third-order valence-corrected chi connectivity index (χ3v) is 5.38. The fourth-order valence-electron chi connectivity index (χ4n) is 3.73. The Kier molecular flexibility index (Phi) is 5.66. The molecule has 2 amide bonds. The number of anilines is 1. The first-order valence-electron chi connectivity index (χ1n) is 10.0. The van der Waals surface area contributed by atoms with Gasteiger partial charge in [-0.1, -0.05) is 30.3 Å². The van der Waals surface area contributed by atoms with Gasteiger partial charge in [-0.15, -0.1) is 0 Å². The summed E-state index contributed by atoms with van der Waals surface area (Å²) in [6.45, 7) is 1.81. The van der Waals surface area contributed by atoms with Crippen LogP contribution in [0.2, 0.25) is 0 Å². The molecular formula is C24H22FN3O3. The number of rotatable bonds is 4. The predicted octanol–water partition coefficient (Wildman–Crippen LogP) is 4.47. The van der Waals surface area contributed by atoms with Gasteiger partial charge >= 0.3 is 0 Å². The highest BCUT2D eigenvalue weighted by molar-refractivity contribution is 6.10. The molecule has 4 rings (SSSR count). The van der Waals surface area contributed by atoms with E-state index in [-0.39, 0.29) is 17.2 Å². The first-order valence-corrected chi connectivity index (χ1v) is 10.0. The molecule has 0 unspecified atom stereocenters. The lowest BCUT2D eigenvalue weighted by molar-refractivity contribution is 0.0947. The van der Waals surface area contributed by atoms with Crippen molar-refractivity contribution in [2.24, 2.45) is 5.10 Å². The van der Waals surface area contributed by atoms with E-state index in [0.29, 0.717) is 29.9 Å². The van der Waals surface area contributed by atoms with E-state index >= 15 is 0 Å². The van der Waals surface area contributed by atoms with Crippen LogP contribution < -0.4 is 10.3 Å². The van der Waals surface area contributed by atoms with Gasteiger partial charge in [0, 0.05) is 30.3 Å². The van der Waals surface area contributed by atoms with Crippen molar-refractivity contribution in [1.82, 2.24) is 5.43 Å². The van der Waals surface area contributed by atoms with Gasteiger partial charge in [-0.3, -0.25) is 9.59 Å². The number of hydrazone groups is 1. The Labute approximate surface area is 179 Å². The maximum absolute atomic E-state index is 13.9. The minimum atomic E-state index is -0.626. The number of nitrogens with zero attached hydrogens (tertiary/aromatic N) is 2. The summed E-state index contributed by atoms with van der Waals surface area (Å²) in [4.78, 5) is 26.9. The van der Waals surface area contributed by atoms with Gasteiger partial charge in [0.05, 0.1) is 11.3 Å². The summed E-state index contributed by atoms with van der Waals surface area (Å²) < 4.78 is 19.8. The molecule has 2 aromatic carbocycles. The lowest BCUT2D eigenvalue weighted by Crippen LogP contribution is -2.26. The molecule has 1 aliphatic rings. The number of nitrogens with one attached hydrogen (secondary N) is 1. The second-order valence-electron chi connectivity index (χ2n) is 7.39. The molecule has 1 heterocycles. The number of aryl methyl sites for hydroxylation is 1. The number of para-hydroxylation sites is 1. The number of carbonyl (C=O) groups is 2. The number of amides is 2. The Hall–Kier alpha value is -3.74. The summed E-state index contributed by atoms with van der Waals surface area (Å²) in [5, 5.41) is 4.24. The van der Waals surface area contributed by atoms with Crippen molar-refractivity contribution in [2.45, 2.75) is 26.2 Å². The second-order valence-corrected chi connectivity index (χ2v) is 7.39. The molecule has 1 N–H and O–H groups in total. The third kappa shape index (κ3) is 3.99. The van der Waals surface area contributed by atoms with E-state index in [2.05, 4.69) is 10.5 Å². The van der Waals surface area contributed by atoms with Crippen LogP contribution in [0.25, 0.3) is 0 Å². The molecule has 1 aliphatic carbocycles. The molecule has 0 radical (unpaired) electrons. The van der Waals surface area contributed by atoms with Crippen LogP contribution in [0.1, 0.15) is 50.6 Å². The van der Waals surface area contributed by atoms with Crippen LogP contribution in [-0.4, -0.2) is 24.6 Å². The van der Waals surface area contributed by atoms with Gasteiger partial charge in [0.1, 0.15) is 11.6 Å². The molecule has 3 aromatic rings. The number of hydrogen-bond acceptors (Lipinski definition) is 4. The van der Waals surface area contributed by atoms with E-state index in [1.165, 1.54) is 23.1 Å². The molecule has 0 fully saturated rings. The Balaban J connectivity index is 1.61. The monoisotopic (exact) mass is 419 g/mol. The van der Waals surface area contributed by atoms with Crippen molar-refractivity contribution in [2.75, 3.05) is 11.9 Å². The van der Waals surface area contributed by atoms with Crippen LogP contribution in [0.4, 0.5) is 10.1 Å². The number of carbonyl (C=O) groups excluding carboxylic acids is 2. The highest BCUT2D eigenvalue weighted by atomic mass is 19.1. The maximum Gasteiger partial charge on any atom is 0.294 e. The average Bonchev–Trinajstić information content (AvgIpc) is 3.14. The zero-order valence-corrected chi connectivity index (χ0v) is 17.3. The van der Waals surface area contributed by atoms with Crippen molar-refractivity contribution in [1.29, 1.82) is 0 Å². The number of hydrogen-bond donors (Lipinski definition) is 1. The average molecular weight is 419 g/mol. The molecule has 31 heavy (non-hydrogen) atoms. The van der Waals surface area contributed by atoms with Crippen molar-refractivity contribution in [3.63, 3.8) is 0 Å². The van der Waals surface area contributed by atoms with Crippen LogP contribution in [0.15, 0.2) is 64.1 Å². The first-order chi connectivity index (χ1) is 15.0. The lowest BCUT2D eigenvalue weighted by Gasteiger charge is -2.16. The van der Waals surface area contributed by atoms with E-state index in [0.717, 1.165) is 17.7 Å². The number of furan rings is 1. The Bertz CT molecular complexity index is 1170. The summed E-state index contributed by atoms with van der Waals surface area (Å²) in [6, 6.07) is 15.0. The van der Waals surface area contributed by atoms with E-state index in [9.17, 15) is 14.0 Å². The molecule has 0 saturated heterocycles. The Morgan fingerprint density at radius 2 is 1.77 bits per heavy atom. The van der Waals surface area contributed by atoms with Crippen molar-refractivity contribution < 1.29 is 18.4 Å². The highest BCUT2D eigenvalue weighted by Crippen LogP contribution is 2.31. The third-order valence-electron chi connectivity index (χ3n) is 5.38. The van der Waals surface area contributed by atoms with Crippen LogP contribution in [0, 0.1) is 12.7 Å². The maximum atomic E-state index is 13.9. The molecule has 6 nitrogen and oxygen atoms in total. The fraction of sp³-hybridized carbons (Fsp3) is 0.208. The topological polar surface area (TPSA) is 74.9 Å². The van der Waals surface area contributed by atoms with Crippen LogP contribution >= 0.6 is 0 Å². The van der Waals surface area contributed by atoms with Gasteiger partial charge < -0.3 is 9.32 Å². The number of fused-ring (bicyclic) bond motifs is 1. The normalized spacial score (nSPS) is 14.2. The van der Waals surface area contributed by atoms with E-state index in [1.807, 2.05) is 37.3 Å². The summed E-state index contributed by atoms with van der Waals surface area (Å²) in [5.74, 6) is -0.563. The van der Waals surface area contributed by atoms with Gasteiger partial charge in [0.2, 0.25) is 0 Å². The molecule has 0 saturated carbocycles. The highest BCUT2D eigenvalue weighted by Gasteiger charge is 2.29. The molecular weight excluding hydrogens is 397 g/mol. The standard InChI is InChI=1S/C24H22FN3O3/c1-15-21-19(26-27-23(29)17-11-6-7-12-18(17)25)13-8-14-20(21)31-22(15)24(30)28(2)16-9-4-3-5-10-16/h3-7,9-12H,8,13-14H2,1-2H3,(H,27,29)/b26-19+. The summed E-state index contributed by atoms with van der Waals surface area (Å²) in [6.07, 6.45) is 2.07.